The van der Waals surface area contributed by atoms with E-state index < -0.39 is 61.1 Å². The van der Waals surface area contributed by atoms with Gasteiger partial charge in [-0.2, -0.15) is 57.1 Å². The summed E-state index contributed by atoms with van der Waals surface area (Å²) in [6.45, 7) is 0.148. The van der Waals surface area contributed by atoms with Crippen molar-refractivity contribution in [1.82, 2.24) is 3.11 Å². The third kappa shape index (κ3) is 4.49. The number of nitrogens with zero attached hydrogens (tertiary/aromatic N) is 1. The van der Waals surface area contributed by atoms with Crippen LogP contribution in [0.5, 0.6) is 0 Å². The molecular formula is C11H9F13INO. The molecule has 0 N–H and O–H groups in total. The number of halogens is 14. The predicted molar refractivity (Wildman–Crippen MR) is 71.4 cm³/mol. The van der Waals surface area contributed by atoms with Gasteiger partial charge in [0.1, 0.15) is 0 Å². The Kier molecular flexibility index (Phi) is 7.41. The highest BCUT2D eigenvalue weighted by molar-refractivity contribution is 14.1. The Hall–Kier alpha value is -0.710. The molecule has 0 aliphatic heterocycles. The fourth-order valence-corrected chi connectivity index (χ4v) is 1.90. The number of alkyl halides is 13. The van der Waals surface area contributed by atoms with Crippen LogP contribution in [0, 0.1) is 0 Å². The lowest BCUT2D eigenvalue weighted by molar-refractivity contribution is -0.440. The van der Waals surface area contributed by atoms with Crippen molar-refractivity contribution in [3.8, 4) is 0 Å². The van der Waals surface area contributed by atoms with Gasteiger partial charge in [-0.3, -0.25) is 7.91 Å². The molecule has 0 aromatic carbocycles. The van der Waals surface area contributed by atoms with Crippen molar-refractivity contribution in [3.05, 3.63) is 0 Å². The Bertz CT molecular complexity index is 545. The molecule has 0 aromatic rings. The quantitative estimate of drug-likeness (QED) is 0.218. The summed E-state index contributed by atoms with van der Waals surface area (Å²) in [4.78, 5) is 10.8. The zero-order valence-electron chi connectivity index (χ0n) is 12.8. The molecule has 0 aromatic heterocycles. The summed E-state index contributed by atoms with van der Waals surface area (Å²) < 4.78 is 167. The van der Waals surface area contributed by atoms with Crippen molar-refractivity contribution in [1.29, 1.82) is 0 Å². The molecule has 0 fully saturated rings. The van der Waals surface area contributed by atoms with Gasteiger partial charge in [0.15, 0.2) is 0 Å². The second-order valence-electron chi connectivity index (χ2n) is 5.21. The fraction of sp³-hybridized carbons (Fsp3) is 0.909. The van der Waals surface area contributed by atoms with Gasteiger partial charge in [0.05, 0.1) is 22.9 Å². The molecule has 0 aliphatic carbocycles. The average molecular weight is 545 g/mol. The first-order chi connectivity index (χ1) is 11.6. The van der Waals surface area contributed by atoms with E-state index >= 15 is 0 Å². The lowest BCUT2D eigenvalue weighted by atomic mass is 9.92. The molecular weight excluding hydrogens is 536 g/mol. The fourth-order valence-electron chi connectivity index (χ4n) is 1.56. The first-order valence-corrected chi connectivity index (χ1v) is 7.44. The van der Waals surface area contributed by atoms with Crippen molar-refractivity contribution in [2.24, 2.45) is 0 Å². The molecule has 0 saturated heterocycles. The second-order valence-corrected chi connectivity index (χ2v) is 6.37. The molecule has 0 bridgehead atoms. The highest BCUT2D eigenvalue weighted by Gasteiger charge is 2.90. The van der Waals surface area contributed by atoms with Gasteiger partial charge in [-0.1, -0.05) is 0 Å². The Labute approximate surface area is 156 Å². The van der Waals surface area contributed by atoms with Gasteiger partial charge in [-0.25, -0.2) is 0 Å². The summed E-state index contributed by atoms with van der Waals surface area (Å²) in [6, 6.07) is 0. The first-order valence-electron chi connectivity index (χ1n) is 6.47. The Balaban J connectivity index is 5.77. The van der Waals surface area contributed by atoms with Crippen LogP contribution in [0.15, 0.2) is 0 Å². The van der Waals surface area contributed by atoms with Gasteiger partial charge >= 0.3 is 35.8 Å². The molecule has 0 aliphatic rings. The van der Waals surface area contributed by atoms with Gasteiger partial charge in [0.2, 0.25) is 5.91 Å². The Morgan fingerprint density at radius 2 is 1.11 bits per heavy atom. The van der Waals surface area contributed by atoms with E-state index in [-0.39, 0.29) is 0 Å². The highest BCUT2D eigenvalue weighted by Crippen LogP contribution is 2.60. The van der Waals surface area contributed by atoms with Crippen molar-refractivity contribution in [2.75, 3.05) is 6.54 Å². The van der Waals surface area contributed by atoms with Gasteiger partial charge in [0.25, 0.3) is 0 Å². The average Bonchev–Trinajstić information content (AvgIpc) is 2.44. The maximum Gasteiger partial charge on any atom is 0.460 e. The lowest BCUT2D eigenvalue weighted by Gasteiger charge is -2.39. The van der Waals surface area contributed by atoms with Crippen LogP contribution in [-0.2, 0) is 4.79 Å². The zero-order chi connectivity index (χ0) is 22.3. The molecule has 162 valence electrons. The SMILES string of the molecule is CC(=O)N(I)CCCC(F)(F)C(F)(F)C(F)(F)C(F)(F)C(F)(F)C(F)(F)F. The second kappa shape index (κ2) is 7.61. The van der Waals surface area contributed by atoms with Crippen LogP contribution in [0.1, 0.15) is 19.8 Å². The van der Waals surface area contributed by atoms with Crippen molar-refractivity contribution in [3.63, 3.8) is 0 Å². The standard InChI is InChI=1S/C11H9F13INO/c1-5(27)26(25)4-2-3-6(12,13)7(14,15)8(16,17)9(18,19)10(20,21)11(22,23)24/h2-4H2,1H3. The number of hydrogen-bond donors (Lipinski definition) is 0. The molecule has 0 rings (SSSR count). The van der Waals surface area contributed by atoms with Gasteiger partial charge in [0, 0.05) is 19.9 Å². The number of carbonyl (C=O) groups excluding carboxylic acids is 1. The maximum absolute atomic E-state index is 13.4. The highest BCUT2D eigenvalue weighted by atomic mass is 127. The molecule has 0 unspecified atom stereocenters. The molecule has 0 atom stereocenters. The summed E-state index contributed by atoms with van der Waals surface area (Å²) >= 11 is 1.21. The van der Waals surface area contributed by atoms with E-state index in [4.69, 9.17) is 0 Å². The molecule has 27 heavy (non-hydrogen) atoms. The minimum atomic E-state index is -7.89. The van der Waals surface area contributed by atoms with E-state index in [2.05, 4.69) is 0 Å². The van der Waals surface area contributed by atoms with Crippen molar-refractivity contribution < 1.29 is 61.9 Å². The number of carbonyl (C=O) groups is 1. The molecule has 0 saturated carbocycles. The van der Waals surface area contributed by atoms with Crippen LogP contribution in [0.3, 0.4) is 0 Å². The van der Waals surface area contributed by atoms with Crippen molar-refractivity contribution >= 4 is 28.8 Å². The number of rotatable bonds is 8. The van der Waals surface area contributed by atoms with Crippen LogP contribution in [0.4, 0.5) is 57.1 Å². The monoisotopic (exact) mass is 545 g/mol. The molecule has 16 heteroatoms. The molecule has 0 heterocycles. The van der Waals surface area contributed by atoms with Gasteiger partial charge in [-0.15, -0.1) is 0 Å². The third-order valence-corrected chi connectivity index (χ3v) is 4.35. The lowest BCUT2D eigenvalue weighted by Crippen LogP contribution is -2.70. The van der Waals surface area contributed by atoms with Crippen LogP contribution < -0.4 is 0 Å². The van der Waals surface area contributed by atoms with E-state index in [1.807, 2.05) is 0 Å². The van der Waals surface area contributed by atoms with E-state index in [0.717, 1.165) is 6.92 Å². The summed E-state index contributed by atoms with van der Waals surface area (Å²) in [5.74, 6) is -37.5. The predicted octanol–water partition coefficient (Wildman–Crippen LogP) is 5.70. The first kappa shape index (κ1) is 26.3. The largest absolute Gasteiger partial charge is 0.460 e. The number of hydrogen-bond acceptors (Lipinski definition) is 1. The van der Waals surface area contributed by atoms with E-state index in [1.165, 1.54) is 22.9 Å². The van der Waals surface area contributed by atoms with Crippen LogP contribution >= 0.6 is 22.9 Å². The summed E-state index contributed by atoms with van der Waals surface area (Å²) in [5.41, 5.74) is 0. The summed E-state index contributed by atoms with van der Waals surface area (Å²) in [5, 5.41) is 0. The smallest absolute Gasteiger partial charge is 0.285 e. The van der Waals surface area contributed by atoms with Crippen LogP contribution in [0.2, 0.25) is 0 Å². The Morgan fingerprint density at radius 3 is 1.44 bits per heavy atom. The third-order valence-electron chi connectivity index (χ3n) is 3.19. The van der Waals surface area contributed by atoms with E-state index in [0.29, 0.717) is 3.11 Å². The molecule has 0 spiro atoms. The molecule has 1 amide bonds. The minimum Gasteiger partial charge on any atom is -0.285 e. The molecule has 0 radical (unpaired) electrons. The molecule has 2 nitrogen and oxygen atoms in total. The van der Waals surface area contributed by atoms with Crippen molar-refractivity contribution in [2.45, 2.75) is 55.6 Å². The van der Waals surface area contributed by atoms with Gasteiger partial charge < -0.3 is 0 Å². The van der Waals surface area contributed by atoms with E-state index in [1.54, 1.807) is 0 Å². The summed E-state index contributed by atoms with van der Waals surface area (Å²) in [7, 11) is 0. The van der Waals surface area contributed by atoms with Crippen LogP contribution in [0.25, 0.3) is 0 Å². The minimum absolute atomic E-state index is 0.622. The topological polar surface area (TPSA) is 20.3 Å². The normalized spacial score (nSPS) is 15.1. The van der Waals surface area contributed by atoms with Crippen LogP contribution in [-0.4, -0.2) is 51.4 Å². The summed E-state index contributed by atoms with van der Waals surface area (Å²) in [6.07, 6.45) is -10.9. The Morgan fingerprint density at radius 1 is 0.741 bits per heavy atom. The van der Waals surface area contributed by atoms with E-state index in [9.17, 15) is 61.9 Å². The van der Waals surface area contributed by atoms with Gasteiger partial charge in [-0.05, 0) is 6.42 Å². The maximum atomic E-state index is 13.4. The zero-order valence-corrected chi connectivity index (χ0v) is 14.9. The number of amides is 1.